The summed E-state index contributed by atoms with van der Waals surface area (Å²) in [5.74, 6) is 0.460. The van der Waals surface area contributed by atoms with Crippen molar-refractivity contribution in [2.75, 3.05) is 5.73 Å². The molecule has 1 aromatic heterocycles. The first-order valence-electron chi connectivity index (χ1n) is 6.02. The third kappa shape index (κ3) is 2.21. The molecule has 0 unspecified atom stereocenters. The minimum absolute atomic E-state index is 0.460. The number of hydrogen-bond donors (Lipinski definition) is 2. The van der Waals surface area contributed by atoms with Crippen LogP contribution in [0.2, 0.25) is 5.02 Å². The second kappa shape index (κ2) is 5.31. The second-order valence-corrected chi connectivity index (χ2v) is 5.56. The van der Waals surface area contributed by atoms with Gasteiger partial charge in [-0.15, -0.1) is 0 Å². The number of anilines is 1. The minimum atomic E-state index is 0.460. The summed E-state index contributed by atoms with van der Waals surface area (Å²) in [7, 11) is 0. The number of nitrogen functional groups attached to an aromatic ring is 1. The first-order chi connectivity index (χ1) is 9.68. The number of aromatic nitrogens is 2. The first kappa shape index (κ1) is 13.2. The molecule has 0 atom stereocenters. The molecule has 0 bridgehead atoms. The van der Waals surface area contributed by atoms with Crippen LogP contribution in [0.1, 0.15) is 0 Å². The van der Waals surface area contributed by atoms with E-state index in [-0.39, 0.29) is 0 Å². The number of nitrogens with two attached hydrogens (primary N) is 1. The van der Waals surface area contributed by atoms with Crippen LogP contribution in [0.5, 0.6) is 0 Å². The van der Waals surface area contributed by atoms with Gasteiger partial charge in [0.2, 0.25) is 0 Å². The van der Waals surface area contributed by atoms with Crippen LogP contribution in [-0.2, 0) is 0 Å². The molecule has 0 aliphatic heterocycles. The summed E-state index contributed by atoms with van der Waals surface area (Å²) in [6.07, 6.45) is 0. The zero-order chi connectivity index (χ0) is 14.1. The molecular formula is C15H11BrClN3. The molecule has 0 spiro atoms. The van der Waals surface area contributed by atoms with Gasteiger partial charge in [-0.05, 0) is 27.6 Å². The maximum absolute atomic E-state index is 6.36. The van der Waals surface area contributed by atoms with E-state index >= 15 is 0 Å². The van der Waals surface area contributed by atoms with Gasteiger partial charge in [0.25, 0.3) is 0 Å². The van der Waals surface area contributed by atoms with Gasteiger partial charge in [0.1, 0.15) is 0 Å². The molecule has 0 aliphatic rings. The van der Waals surface area contributed by atoms with Crippen molar-refractivity contribution in [3.05, 3.63) is 58.0 Å². The van der Waals surface area contributed by atoms with Crippen molar-refractivity contribution in [2.24, 2.45) is 0 Å². The maximum atomic E-state index is 6.36. The van der Waals surface area contributed by atoms with Crippen LogP contribution in [0.15, 0.2) is 53.0 Å². The average molecular weight is 349 g/mol. The third-order valence-electron chi connectivity index (χ3n) is 3.08. The summed E-state index contributed by atoms with van der Waals surface area (Å²) in [6, 6.07) is 15.7. The van der Waals surface area contributed by atoms with E-state index in [4.69, 9.17) is 17.3 Å². The predicted molar refractivity (Wildman–Crippen MR) is 86.6 cm³/mol. The number of H-pyrrole nitrogens is 1. The quantitative estimate of drug-likeness (QED) is 0.702. The van der Waals surface area contributed by atoms with E-state index in [1.807, 2.05) is 48.5 Å². The van der Waals surface area contributed by atoms with Crippen LogP contribution in [-0.4, -0.2) is 10.2 Å². The Bertz CT molecular complexity index is 753. The predicted octanol–water partition coefficient (Wildman–Crippen LogP) is 4.74. The molecule has 20 heavy (non-hydrogen) atoms. The van der Waals surface area contributed by atoms with Gasteiger partial charge in [-0.1, -0.05) is 54.1 Å². The monoisotopic (exact) mass is 347 g/mol. The smallest absolute Gasteiger partial charge is 0.153 e. The van der Waals surface area contributed by atoms with Crippen molar-refractivity contribution < 1.29 is 0 Å². The summed E-state index contributed by atoms with van der Waals surface area (Å²) < 4.78 is 0.837. The van der Waals surface area contributed by atoms with Gasteiger partial charge in [0, 0.05) is 10.0 Å². The van der Waals surface area contributed by atoms with Crippen molar-refractivity contribution in [3.8, 4) is 22.4 Å². The number of aromatic amines is 1. The average Bonchev–Trinajstić information content (AvgIpc) is 2.84. The third-order valence-corrected chi connectivity index (χ3v) is 4.37. The number of nitrogens with zero attached hydrogens (tertiary/aromatic N) is 1. The molecule has 3 nitrogen and oxygen atoms in total. The number of hydrogen-bond acceptors (Lipinski definition) is 2. The van der Waals surface area contributed by atoms with E-state index in [2.05, 4.69) is 26.1 Å². The highest BCUT2D eigenvalue weighted by molar-refractivity contribution is 9.10. The van der Waals surface area contributed by atoms with Gasteiger partial charge in [-0.25, -0.2) is 0 Å². The SMILES string of the molecule is Nc1n[nH]c(-c2cccc(Br)c2Cl)c1-c1ccccc1. The Hall–Kier alpha value is -1.78. The van der Waals surface area contributed by atoms with Gasteiger partial charge in [0.15, 0.2) is 5.82 Å². The minimum Gasteiger partial charge on any atom is -0.382 e. The highest BCUT2D eigenvalue weighted by atomic mass is 79.9. The van der Waals surface area contributed by atoms with Crippen LogP contribution in [0.25, 0.3) is 22.4 Å². The number of nitrogens with one attached hydrogen (secondary N) is 1. The van der Waals surface area contributed by atoms with Crippen molar-refractivity contribution in [1.29, 1.82) is 0 Å². The molecule has 0 amide bonds. The lowest BCUT2D eigenvalue weighted by atomic mass is 10.0. The number of benzene rings is 2. The summed E-state index contributed by atoms with van der Waals surface area (Å²) in [5.41, 5.74) is 9.56. The van der Waals surface area contributed by atoms with Gasteiger partial charge in [0.05, 0.1) is 16.3 Å². The second-order valence-electron chi connectivity index (χ2n) is 4.33. The van der Waals surface area contributed by atoms with E-state index in [1.165, 1.54) is 0 Å². The largest absolute Gasteiger partial charge is 0.382 e. The molecule has 0 saturated heterocycles. The van der Waals surface area contributed by atoms with Crippen molar-refractivity contribution in [3.63, 3.8) is 0 Å². The van der Waals surface area contributed by atoms with Crippen LogP contribution in [0.3, 0.4) is 0 Å². The van der Waals surface area contributed by atoms with E-state index < -0.39 is 0 Å². The summed E-state index contributed by atoms with van der Waals surface area (Å²) >= 11 is 9.79. The summed E-state index contributed by atoms with van der Waals surface area (Å²) in [5, 5.41) is 7.73. The normalized spacial score (nSPS) is 10.7. The fraction of sp³-hybridized carbons (Fsp3) is 0. The Labute approximate surface area is 129 Å². The Balaban J connectivity index is 2.24. The Morgan fingerprint density at radius 3 is 2.55 bits per heavy atom. The lowest BCUT2D eigenvalue weighted by Gasteiger charge is -2.07. The first-order valence-corrected chi connectivity index (χ1v) is 7.19. The van der Waals surface area contributed by atoms with E-state index in [0.29, 0.717) is 10.8 Å². The van der Waals surface area contributed by atoms with E-state index in [1.54, 1.807) is 0 Å². The molecule has 3 N–H and O–H groups in total. The van der Waals surface area contributed by atoms with E-state index in [9.17, 15) is 0 Å². The molecule has 0 saturated carbocycles. The Morgan fingerprint density at radius 2 is 1.80 bits per heavy atom. The topological polar surface area (TPSA) is 54.7 Å². The molecule has 5 heteroatoms. The Kier molecular flexibility index (Phi) is 3.51. The van der Waals surface area contributed by atoms with Gasteiger partial charge in [-0.3, -0.25) is 5.10 Å². The molecule has 0 aliphatic carbocycles. The lowest BCUT2D eigenvalue weighted by molar-refractivity contribution is 1.10. The molecule has 0 fully saturated rings. The van der Waals surface area contributed by atoms with Gasteiger partial charge >= 0.3 is 0 Å². The molecule has 3 aromatic rings. The summed E-state index contributed by atoms with van der Waals surface area (Å²) in [6.45, 7) is 0. The van der Waals surface area contributed by atoms with Crippen LogP contribution in [0.4, 0.5) is 5.82 Å². The zero-order valence-corrected chi connectivity index (χ0v) is 12.7. The van der Waals surface area contributed by atoms with Gasteiger partial charge < -0.3 is 5.73 Å². The fourth-order valence-corrected chi connectivity index (χ4v) is 2.73. The van der Waals surface area contributed by atoms with Crippen LogP contribution in [0, 0.1) is 0 Å². The van der Waals surface area contributed by atoms with Crippen molar-refractivity contribution >= 4 is 33.3 Å². The molecule has 0 radical (unpaired) electrons. The standard InChI is InChI=1S/C15H11BrClN3/c16-11-8-4-7-10(13(11)17)14-12(15(18)20-19-14)9-5-2-1-3-6-9/h1-8H,(H3,18,19,20). The van der Waals surface area contributed by atoms with Gasteiger partial charge in [-0.2, -0.15) is 5.10 Å². The molecular weight excluding hydrogens is 338 g/mol. The molecule has 1 heterocycles. The zero-order valence-electron chi connectivity index (χ0n) is 10.4. The summed E-state index contributed by atoms with van der Waals surface area (Å²) in [4.78, 5) is 0. The van der Waals surface area contributed by atoms with Crippen molar-refractivity contribution in [1.82, 2.24) is 10.2 Å². The highest BCUT2D eigenvalue weighted by Gasteiger charge is 2.17. The number of halogens is 2. The lowest BCUT2D eigenvalue weighted by Crippen LogP contribution is -1.89. The van der Waals surface area contributed by atoms with E-state index in [0.717, 1.165) is 26.9 Å². The molecule has 3 rings (SSSR count). The number of rotatable bonds is 2. The highest BCUT2D eigenvalue weighted by Crippen LogP contribution is 2.39. The molecule has 100 valence electrons. The van der Waals surface area contributed by atoms with Crippen molar-refractivity contribution in [2.45, 2.75) is 0 Å². The fourth-order valence-electron chi connectivity index (χ4n) is 2.14. The van der Waals surface area contributed by atoms with Crippen LogP contribution >= 0.6 is 27.5 Å². The molecule has 2 aromatic carbocycles. The maximum Gasteiger partial charge on any atom is 0.153 e. The Morgan fingerprint density at radius 1 is 1.05 bits per heavy atom. The van der Waals surface area contributed by atoms with Crippen LogP contribution < -0.4 is 5.73 Å².